The minimum Gasteiger partial charge on any atom is -0.495 e. The molecule has 3 rings (SSSR count). The number of carbonyl (C=O) groups excluding carboxylic acids is 3. The summed E-state index contributed by atoms with van der Waals surface area (Å²) in [6.07, 6.45) is 1.67. The molecule has 12 nitrogen and oxygen atoms in total. The summed E-state index contributed by atoms with van der Waals surface area (Å²) in [6, 6.07) is 11.1. The fourth-order valence-electron chi connectivity index (χ4n) is 4.02. The van der Waals surface area contributed by atoms with Gasteiger partial charge in [0.05, 0.1) is 37.9 Å². The van der Waals surface area contributed by atoms with Gasteiger partial charge in [-0.15, -0.1) is 0 Å². The first-order valence-corrected chi connectivity index (χ1v) is 12.6. The number of imidazole rings is 1. The number of hydrogen-bond acceptors (Lipinski definition) is 7. The first kappa shape index (κ1) is 29.8. The second kappa shape index (κ2) is 13.9. The maximum absolute atomic E-state index is 12.6. The molecule has 0 aliphatic rings. The van der Waals surface area contributed by atoms with Crippen LogP contribution >= 0.6 is 0 Å². The Morgan fingerprint density at radius 3 is 2.45 bits per heavy atom. The zero-order valence-electron chi connectivity index (χ0n) is 22.9. The van der Waals surface area contributed by atoms with Crippen LogP contribution in [0, 0.1) is 13.8 Å². The van der Waals surface area contributed by atoms with E-state index in [0.29, 0.717) is 29.4 Å². The van der Waals surface area contributed by atoms with Crippen LogP contribution < -0.4 is 26.0 Å². The SMILES string of the molecule is COc1cc(CC(=O)CNCc2ncn(CC(NC(C)=O)C(=O)O)c2C)ccc1NC(=O)Nc1ccccc1C. The molecule has 1 aromatic heterocycles. The Bertz CT molecular complexity index is 1390. The predicted molar refractivity (Wildman–Crippen MR) is 149 cm³/mol. The highest BCUT2D eigenvalue weighted by atomic mass is 16.5. The summed E-state index contributed by atoms with van der Waals surface area (Å²) in [5, 5.41) is 20.4. The van der Waals surface area contributed by atoms with Crippen LogP contribution in [0.25, 0.3) is 0 Å². The first-order chi connectivity index (χ1) is 19.1. The number of Topliss-reactive ketones (excluding diaryl/α,β-unsaturated/α-hetero) is 1. The lowest BCUT2D eigenvalue weighted by molar-refractivity contribution is -0.142. The molecule has 3 aromatic rings. The van der Waals surface area contributed by atoms with Crippen LogP contribution in [0.3, 0.4) is 0 Å². The van der Waals surface area contributed by atoms with E-state index in [0.717, 1.165) is 16.8 Å². The number of amides is 3. The minimum absolute atomic E-state index is 0.0346. The van der Waals surface area contributed by atoms with E-state index in [2.05, 4.69) is 26.3 Å². The van der Waals surface area contributed by atoms with Gasteiger partial charge in [-0.05, 0) is 43.2 Å². The van der Waals surface area contributed by atoms with Crippen LogP contribution in [0.15, 0.2) is 48.8 Å². The number of benzene rings is 2. The van der Waals surface area contributed by atoms with E-state index in [1.165, 1.54) is 20.4 Å². The summed E-state index contributed by atoms with van der Waals surface area (Å²) >= 11 is 0. The van der Waals surface area contributed by atoms with Crippen LogP contribution in [-0.4, -0.2) is 58.0 Å². The molecule has 0 bridgehead atoms. The third kappa shape index (κ3) is 8.40. The second-order valence-electron chi connectivity index (χ2n) is 9.27. The molecule has 0 aliphatic heterocycles. The van der Waals surface area contributed by atoms with Crippen molar-refractivity contribution in [2.75, 3.05) is 24.3 Å². The molecule has 0 fully saturated rings. The summed E-state index contributed by atoms with van der Waals surface area (Å²) in [7, 11) is 1.49. The average Bonchev–Trinajstić information content (AvgIpc) is 3.24. The van der Waals surface area contributed by atoms with Crippen LogP contribution in [0.2, 0.25) is 0 Å². The number of anilines is 2. The quantitative estimate of drug-likeness (QED) is 0.217. The maximum atomic E-state index is 12.6. The molecule has 0 aliphatic carbocycles. The number of aliphatic carboxylic acids is 1. The van der Waals surface area contributed by atoms with Gasteiger partial charge in [-0.25, -0.2) is 14.6 Å². The van der Waals surface area contributed by atoms with Gasteiger partial charge in [0.1, 0.15) is 11.8 Å². The van der Waals surface area contributed by atoms with Crippen molar-refractivity contribution in [1.29, 1.82) is 0 Å². The van der Waals surface area contributed by atoms with Crippen LogP contribution in [0.1, 0.15) is 29.4 Å². The van der Waals surface area contributed by atoms with E-state index in [1.807, 2.05) is 31.2 Å². The Kier molecular flexibility index (Phi) is 10.4. The Hall–Kier alpha value is -4.71. The van der Waals surface area contributed by atoms with E-state index in [-0.39, 0.29) is 25.3 Å². The van der Waals surface area contributed by atoms with Crippen molar-refractivity contribution >= 4 is 35.1 Å². The van der Waals surface area contributed by atoms with Crippen LogP contribution in [0.4, 0.5) is 16.2 Å². The largest absolute Gasteiger partial charge is 0.495 e. The average molecular weight is 551 g/mol. The lowest BCUT2D eigenvalue weighted by Crippen LogP contribution is -2.42. The second-order valence-corrected chi connectivity index (χ2v) is 9.27. The topological polar surface area (TPSA) is 164 Å². The summed E-state index contributed by atoms with van der Waals surface area (Å²) in [5.41, 5.74) is 4.23. The fraction of sp³-hybridized carbons (Fsp3) is 0.321. The van der Waals surface area contributed by atoms with Crippen molar-refractivity contribution in [3.05, 3.63) is 71.3 Å². The summed E-state index contributed by atoms with van der Waals surface area (Å²) in [4.78, 5) is 52.0. The van der Waals surface area contributed by atoms with Crippen molar-refractivity contribution in [3.63, 3.8) is 0 Å². The standard InChI is InChI=1S/C28H34N6O6/c1-17-7-5-6-8-22(17)32-28(39)33-23-10-9-20(12-26(23)40-4)11-21(36)13-29-14-24-18(2)34(16-30-24)15-25(27(37)38)31-19(3)35/h5-10,12,16,25,29H,11,13-15H2,1-4H3,(H,31,35)(H,37,38)(H2,32,33,39). The molecule has 0 saturated carbocycles. The number of ether oxygens (including phenoxy) is 1. The Balaban J connectivity index is 1.52. The molecule has 1 heterocycles. The number of methoxy groups -OCH3 is 1. The number of aromatic nitrogens is 2. The van der Waals surface area contributed by atoms with Crippen molar-refractivity contribution in [2.45, 2.75) is 46.3 Å². The zero-order valence-corrected chi connectivity index (χ0v) is 22.9. The fourth-order valence-corrected chi connectivity index (χ4v) is 4.02. The van der Waals surface area contributed by atoms with Crippen LogP contribution in [0.5, 0.6) is 5.75 Å². The number of nitrogens with one attached hydrogen (secondary N) is 4. The molecule has 40 heavy (non-hydrogen) atoms. The zero-order chi connectivity index (χ0) is 29.2. The number of carboxylic acids is 1. The molecular weight excluding hydrogens is 516 g/mol. The van der Waals surface area contributed by atoms with Crippen molar-refractivity contribution in [1.82, 2.24) is 20.2 Å². The van der Waals surface area contributed by atoms with Gasteiger partial charge in [0.15, 0.2) is 5.78 Å². The highest BCUT2D eigenvalue weighted by Crippen LogP contribution is 2.26. The molecule has 0 saturated heterocycles. The number of aryl methyl sites for hydroxylation is 1. The molecule has 1 atom stereocenters. The van der Waals surface area contributed by atoms with E-state index in [9.17, 15) is 24.3 Å². The molecule has 1 unspecified atom stereocenters. The minimum atomic E-state index is -1.14. The molecule has 0 spiro atoms. The molecular formula is C28H34N6O6. The van der Waals surface area contributed by atoms with Gasteiger partial charge in [0.2, 0.25) is 5.91 Å². The molecule has 0 radical (unpaired) electrons. The van der Waals surface area contributed by atoms with Gasteiger partial charge in [-0.3, -0.25) is 9.59 Å². The monoisotopic (exact) mass is 550 g/mol. The van der Waals surface area contributed by atoms with Gasteiger partial charge < -0.3 is 35.7 Å². The van der Waals surface area contributed by atoms with Gasteiger partial charge in [0, 0.05) is 31.3 Å². The number of carboxylic acid groups (broad SMARTS) is 1. The van der Waals surface area contributed by atoms with E-state index < -0.39 is 23.9 Å². The highest BCUT2D eigenvalue weighted by Gasteiger charge is 2.20. The third-order valence-corrected chi connectivity index (χ3v) is 6.18. The van der Waals surface area contributed by atoms with Gasteiger partial charge in [-0.1, -0.05) is 24.3 Å². The van der Waals surface area contributed by atoms with E-state index >= 15 is 0 Å². The molecule has 2 aromatic carbocycles. The highest BCUT2D eigenvalue weighted by molar-refractivity contribution is 6.01. The number of carbonyl (C=O) groups is 4. The van der Waals surface area contributed by atoms with Crippen LogP contribution in [-0.2, 0) is 33.9 Å². The number of nitrogens with zero attached hydrogens (tertiary/aromatic N) is 2. The summed E-state index contributed by atoms with van der Waals surface area (Å²) < 4.78 is 7.07. The predicted octanol–water partition coefficient (Wildman–Crippen LogP) is 2.64. The van der Waals surface area contributed by atoms with Crippen molar-refractivity contribution < 1.29 is 29.0 Å². The molecule has 12 heteroatoms. The molecule has 5 N–H and O–H groups in total. The smallest absolute Gasteiger partial charge is 0.328 e. The molecule has 212 valence electrons. The maximum Gasteiger partial charge on any atom is 0.328 e. The molecule has 3 amide bonds. The summed E-state index contributed by atoms with van der Waals surface area (Å²) in [5.74, 6) is -1.20. The van der Waals surface area contributed by atoms with Gasteiger partial charge >= 0.3 is 12.0 Å². The van der Waals surface area contributed by atoms with Crippen molar-refractivity contribution in [2.24, 2.45) is 0 Å². The Labute approximate surface area is 232 Å². The van der Waals surface area contributed by atoms with Gasteiger partial charge in [-0.2, -0.15) is 0 Å². The Morgan fingerprint density at radius 2 is 1.77 bits per heavy atom. The lowest BCUT2D eigenvalue weighted by Gasteiger charge is -2.15. The number of hydrogen-bond donors (Lipinski definition) is 5. The van der Waals surface area contributed by atoms with Gasteiger partial charge in [0.25, 0.3) is 0 Å². The van der Waals surface area contributed by atoms with Crippen molar-refractivity contribution in [3.8, 4) is 5.75 Å². The number of ketones is 1. The normalized spacial score (nSPS) is 11.4. The number of para-hydroxylation sites is 1. The van der Waals surface area contributed by atoms with E-state index in [1.54, 1.807) is 29.7 Å². The lowest BCUT2D eigenvalue weighted by atomic mass is 10.1. The number of rotatable bonds is 13. The number of urea groups is 1. The first-order valence-electron chi connectivity index (χ1n) is 12.6. The summed E-state index contributed by atoms with van der Waals surface area (Å²) in [6.45, 7) is 5.39. The Morgan fingerprint density at radius 1 is 1.05 bits per heavy atom. The van der Waals surface area contributed by atoms with E-state index in [4.69, 9.17) is 4.74 Å². The third-order valence-electron chi connectivity index (χ3n) is 6.18.